The molecule has 2 aromatic rings. The molecule has 0 radical (unpaired) electrons. The first-order chi connectivity index (χ1) is 10.3. The number of pyridine rings is 1. The van der Waals surface area contributed by atoms with E-state index in [-0.39, 0.29) is 0 Å². The molecule has 0 amide bonds. The fourth-order valence-electron chi connectivity index (χ4n) is 2.44. The van der Waals surface area contributed by atoms with Gasteiger partial charge in [-0.1, -0.05) is 6.07 Å². The molecule has 1 saturated heterocycles. The molecule has 0 spiro atoms. The summed E-state index contributed by atoms with van der Waals surface area (Å²) in [5, 5.41) is 0. The van der Waals surface area contributed by atoms with E-state index in [2.05, 4.69) is 30.2 Å². The molecule has 1 fully saturated rings. The van der Waals surface area contributed by atoms with Crippen molar-refractivity contribution in [3.63, 3.8) is 0 Å². The van der Waals surface area contributed by atoms with Crippen LogP contribution in [0.15, 0.2) is 36.7 Å². The molecule has 0 unspecified atom stereocenters. The van der Waals surface area contributed by atoms with Crippen molar-refractivity contribution in [3.8, 4) is 0 Å². The minimum atomic E-state index is 0.698. The number of nitrogen functional groups attached to an aromatic ring is 1. The Kier molecular flexibility index (Phi) is 4.23. The van der Waals surface area contributed by atoms with Crippen molar-refractivity contribution in [3.05, 3.63) is 42.4 Å². The Labute approximate surface area is 123 Å². The maximum Gasteiger partial charge on any atom is 0.225 e. The number of hydrogen-bond acceptors (Lipinski definition) is 7. The van der Waals surface area contributed by atoms with Crippen LogP contribution in [0, 0.1) is 0 Å². The lowest BCUT2D eigenvalue weighted by molar-refractivity contribution is 0.246. The van der Waals surface area contributed by atoms with Crippen molar-refractivity contribution in [2.45, 2.75) is 6.54 Å². The molecular weight excluding hydrogens is 266 g/mol. The number of rotatable bonds is 4. The van der Waals surface area contributed by atoms with Gasteiger partial charge in [0.15, 0.2) is 0 Å². The van der Waals surface area contributed by atoms with Gasteiger partial charge in [0.1, 0.15) is 5.82 Å². The third-order valence-electron chi connectivity index (χ3n) is 3.55. The van der Waals surface area contributed by atoms with Gasteiger partial charge < -0.3 is 10.3 Å². The molecule has 7 heteroatoms. The molecule has 3 rings (SSSR count). The van der Waals surface area contributed by atoms with Gasteiger partial charge in [-0.15, -0.1) is 0 Å². The quantitative estimate of drug-likeness (QED) is 0.624. The van der Waals surface area contributed by atoms with Gasteiger partial charge in [0.25, 0.3) is 0 Å². The molecule has 2 aromatic heterocycles. The number of nitrogens with zero attached hydrogens (tertiary/aromatic N) is 5. The van der Waals surface area contributed by atoms with Gasteiger partial charge in [0.05, 0.1) is 5.69 Å². The highest BCUT2D eigenvalue weighted by Gasteiger charge is 2.19. The number of anilines is 2. The van der Waals surface area contributed by atoms with Gasteiger partial charge in [-0.05, 0) is 18.2 Å². The van der Waals surface area contributed by atoms with Gasteiger partial charge in [-0.2, -0.15) is 0 Å². The van der Waals surface area contributed by atoms with Crippen LogP contribution in [0.1, 0.15) is 5.69 Å². The Balaban J connectivity index is 1.56. The van der Waals surface area contributed by atoms with Crippen molar-refractivity contribution in [1.29, 1.82) is 0 Å². The third-order valence-corrected chi connectivity index (χ3v) is 3.55. The molecule has 0 aliphatic carbocycles. The number of aromatic nitrogens is 3. The van der Waals surface area contributed by atoms with Crippen molar-refractivity contribution in [2.75, 3.05) is 36.5 Å². The number of hydrazine groups is 1. The molecule has 1 aliphatic rings. The third kappa shape index (κ3) is 3.45. The van der Waals surface area contributed by atoms with Gasteiger partial charge in [0.2, 0.25) is 5.95 Å². The van der Waals surface area contributed by atoms with Crippen LogP contribution in [0.3, 0.4) is 0 Å². The lowest BCUT2D eigenvalue weighted by atomic mass is 10.2. The molecule has 21 heavy (non-hydrogen) atoms. The van der Waals surface area contributed by atoms with Gasteiger partial charge in [-0.25, -0.2) is 20.8 Å². The fraction of sp³-hybridized carbons (Fsp3) is 0.357. The minimum absolute atomic E-state index is 0.698. The first kappa shape index (κ1) is 13.7. The number of hydrogen-bond donors (Lipinski definition) is 2. The molecule has 110 valence electrons. The van der Waals surface area contributed by atoms with Crippen LogP contribution >= 0.6 is 0 Å². The van der Waals surface area contributed by atoms with E-state index in [1.807, 2.05) is 24.3 Å². The first-order valence-corrected chi connectivity index (χ1v) is 7.02. The maximum absolute atomic E-state index is 5.39. The molecule has 3 heterocycles. The second kappa shape index (κ2) is 6.47. The fourth-order valence-corrected chi connectivity index (χ4v) is 2.44. The summed E-state index contributed by atoms with van der Waals surface area (Å²) in [6, 6.07) is 7.68. The summed E-state index contributed by atoms with van der Waals surface area (Å²) in [6.07, 6.45) is 3.56. The average molecular weight is 285 g/mol. The topological polar surface area (TPSA) is 83.2 Å². The first-order valence-electron chi connectivity index (χ1n) is 7.02. The lowest BCUT2D eigenvalue weighted by Crippen LogP contribution is -2.46. The van der Waals surface area contributed by atoms with E-state index in [0.717, 1.165) is 44.4 Å². The number of piperazine rings is 1. The standard InChI is InChI=1S/C14H19N7/c15-19-13-4-1-3-12(18-13)11-20-7-9-21(10-8-20)14-16-5-2-6-17-14/h1-6H,7-11,15H2,(H,18,19). The van der Waals surface area contributed by atoms with Crippen LogP contribution < -0.4 is 16.2 Å². The van der Waals surface area contributed by atoms with Crippen molar-refractivity contribution in [2.24, 2.45) is 5.84 Å². The summed E-state index contributed by atoms with van der Waals surface area (Å²) in [5.41, 5.74) is 3.60. The Morgan fingerprint density at radius 1 is 1.05 bits per heavy atom. The number of nitrogens with one attached hydrogen (secondary N) is 1. The van der Waals surface area contributed by atoms with Crippen LogP contribution in [-0.4, -0.2) is 46.0 Å². The van der Waals surface area contributed by atoms with E-state index < -0.39 is 0 Å². The van der Waals surface area contributed by atoms with Crippen molar-refractivity contribution >= 4 is 11.8 Å². The van der Waals surface area contributed by atoms with E-state index in [9.17, 15) is 0 Å². The lowest BCUT2D eigenvalue weighted by Gasteiger charge is -2.34. The van der Waals surface area contributed by atoms with Gasteiger partial charge in [0, 0.05) is 45.1 Å². The molecule has 0 atom stereocenters. The minimum Gasteiger partial charge on any atom is -0.338 e. The van der Waals surface area contributed by atoms with E-state index >= 15 is 0 Å². The van der Waals surface area contributed by atoms with Crippen LogP contribution in [0.25, 0.3) is 0 Å². The molecule has 0 aromatic carbocycles. The molecular formula is C14H19N7. The zero-order chi connectivity index (χ0) is 14.5. The smallest absolute Gasteiger partial charge is 0.225 e. The van der Waals surface area contributed by atoms with Crippen LogP contribution in [-0.2, 0) is 6.54 Å². The predicted molar refractivity (Wildman–Crippen MR) is 81.6 cm³/mol. The van der Waals surface area contributed by atoms with Crippen molar-refractivity contribution < 1.29 is 0 Å². The zero-order valence-corrected chi connectivity index (χ0v) is 11.8. The van der Waals surface area contributed by atoms with E-state index in [1.54, 1.807) is 12.4 Å². The predicted octanol–water partition coefficient (Wildman–Crippen LogP) is 0.479. The summed E-state index contributed by atoms with van der Waals surface area (Å²) < 4.78 is 0. The van der Waals surface area contributed by atoms with Crippen molar-refractivity contribution in [1.82, 2.24) is 19.9 Å². The Morgan fingerprint density at radius 3 is 2.52 bits per heavy atom. The largest absolute Gasteiger partial charge is 0.338 e. The van der Waals surface area contributed by atoms with Gasteiger partial charge in [-0.3, -0.25) is 4.90 Å². The molecule has 3 N–H and O–H groups in total. The summed E-state index contributed by atoms with van der Waals surface area (Å²) in [5.74, 6) is 6.90. The monoisotopic (exact) mass is 285 g/mol. The van der Waals surface area contributed by atoms with Gasteiger partial charge >= 0.3 is 0 Å². The summed E-state index contributed by atoms with van der Waals surface area (Å²) in [7, 11) is 0. The van der Waals surface area contributed by atoms with E-state index in [1.165, 1.54) is 0 Å². The molecule has 1 aliphatic heterocycles. The average Bonchev–Trinajstić information content (AvgIpc) is 2.56. The van der Waals surface area contributed by atoms with Crippen LogP contribution in [0.4, 0.5) is 11.8 Å². The van der Waals surface area contributed by atoms with E-state index in [4.69, 9.17) is 5.84 Å². The highest BCUT2D eigenvalue weighted by Crippen LogP contribution is 2.12. The molecule has 0 bridgehead atoms. The summed E-state index contributed by atoms with van der Waals surface area (Å²) in [4.78, 5) is 17.6. The zero-order valence-electron chi connectivity index (χ0n) is 11.8. The SMILES string of the molecule is NNc1cccc(CN2CCN(c3ncccn3)CC2)n1. The molecule has 7 nitrogen and oxygen atoms in total. The second-order valence-electron chi connectivity index (χ2n) is 4.97. The highest BCUT2D eigenvalue weighted by molar-refractivity contribution is 5.33. The van der Waals surface area contributed by atoms with E-state index in [0.29, 0.717) is 5.82 Å². The second-order valence-corrected chi connectivity index (χ2v) is 4.97. The summed E-state index contributed by atoms with van der Waals surface area (Å²) >= 11 is 0. The highest BCUT2D eigenvalue weighted by atomic mass is 15.3. The van der Waals surface area contributed by atoms with Crippen LogP contribution in [0.2, 0.25) is 0 Å². The summed E-state index contributed by atoms with van der Waals surface area (Å²) in [6.45, 7) is 4.64. The molecule has 0 saturated carbocycles. The number of nitrogens with two attached hydrogens (primary N) is 1. The van der Waals surface area contributed by atoms with Crippen LogP contribution in [0.5, 0.6) is 0 Å². The Hall–Kier alpha value is -2.25. The maximum atomic E-state index is 5.39. The Morgan fingerprint density at radius 2 is 1.81 bits per heavy atom. The Bertz CT molecular complexity index is 567. The normalized spacial score (nSPS) is 16.0.